The van der Waals surface area contributed by atoms with E-state index < -0.39 is 11.4 Å². The zero-order valence-electron chi connectivity index (χ0n) is 11.4. The number of H-pyrrole nitrogens is 1. The fourth-order valence-electron chi connectivity index (χ4n) is 1.93. The summed E-state index contributed by atoms with van der Waals surface area (Å²) in [5.74, 6) is -0.778. The molecule has 1 heterocycles. The monoisotopic (exact) mass is 278 g/mol. The van der Waals surface area contributed by atoms with Gasteiger partial charge in [0.05, 0.1) is 12.7 Å². The Balaban J connectivity index is 2.57. The second-order valence-electron chi connectivity index (χ2n) is 4.66. The molecule has 1 aromatic carbocycles. The molecule has 0 aliphatic heterocycles. The molecule has 5 nitrogen and oxygen atoms in total. The molecule has 0 spiro atoms. The van der Waals surface area contributed by atoms with Gasteiger partial charge >= 0.3 is 0 Å². The summed E-state index contributed by atoms with van der Waals surface area (Å²) in [7, 11) is 1.34. The Labute approximate surface area is 115 Å². The predicted molar refractivity (Wildman–Crippen MR) is 72.6 cm³/mol. The molecule has 2 rings (SSSR count). The molecule has 0 atom stereocenters. The van der Waals surface area contributed by atoms with Crippen LogP contribution in [0, 0.1) is 5.82 Å². The zero-order valence-corrected chi connectivity index (χ0v) is 11.4. The number of hydrogen-bond acceptors (Lipinski definition) is 4. The van der Waals surface area contributed by atoms with Crippen molar-refractivity contribution in [2.75, 3.05) is 7.11 Å². The van der Waals surface area contributed by atoms with Crippen molar-refractivity contribution in [3.8, 4) is 23.0 Å². The van der Waals surface area contributed by atoms with Crippen LogP contribution in [0.15, 0.2) is 23.0 Å². The Bertz CT molecular complexity index is 695. The maximum absolute atomic E-state index is 13.3. The zero-order chi connectivity index (χ0) is 14.9. The molecule has 0 fully saturated rings. The summed E-state index contributed by atoms with van der Waals surface area (Å²) in [6.45, 7) is 3.57. The first-order valence-corrected chi connectivity index (χ1v) is 6.11. The van der Waals surface area contributed by atoms with Gasteiger partial charge in [0.25, 0.3) is 5.56 Å². The smallest absolute Gasteiger partial charge is 0.258 e. The van der Waals surface area contributed by atoms with Crippen molar-refractivity contribution < 1.29 is 14.2 Å². The van der Waals surface area contributed by atoms with Gasteiger partial charge < -0.3 is 14.8 Å². The molecule has 2 N–H and O–H groups in total. The maximum Gasteiger partial charge on any atom is 0.258 e. The van der Waals surface area contributed by atoms with Gasteiger partial charge in [-0.25, -0.2) is 4.39 Å². The second kappa shape index (κ2) is 5.32. The lowest BCUT2D eigenvalue weighted by molar-refractivity contribution is 0.386. The van der Waals surface area contributed by atoms with E-state index in [2.05, 4.69) is 9.97 Å². The van der Waals surface area contributed by atoms with Gasteiger partial charge in [-0.2, -0.15) is 4.98 Å². The molecule has 0 aliphatic rings. The van der Waals surface area contributed by atoms with Crippen molar-refractivity contribution in [3.63, 3.8) is 0 Å². The van der Waals surface area contributed by atoms with Gasteiger partial charge in [0.1, 0.15) is 5.82 Å². The van der Waals surface area contributed by atoms with Gasteiger partial charge in [0, 0.05) is 5.56 Å². The Kier molecular flexibility index (Phi) is 3.74. The molecule has 0 saturated carbocycles. The van der Waals surface area contributed by atoms with E-state index in [0.717, 1.165) is 0 Å². The maximum atomic E-state index is 13.3. The van der Waals surface area contributed by atoms with E-state index in [9.17, 15) is 14.3 Å². The van der Waals surface area contributed by atoms with Crippen molar-refractivity contribution in [1.29, 1.82) is 0 Å². The van der Waals surface area contributed by atoms with Crippen LogP contribution in [0.25, 0.3) is 11.4 Å². The summed E-state index contributed by atoms with van der Waals surface area (Å²) >= 11 is 0. The third-order valence-electron chi connectivity index (χ3n) is 2.94. The fourth-order valence-corrected chi connectivity index (χ4v) is 1.93. The summed E-state index contributed by atoms with van der Waals surface area (Å²) in [6.07, 6.45) is 0. The lowest BCUT2D eigenvalue weighted by Gasteiger charge is -2.09. The first-order valence-electron chi connectivity index (χ1n) is 6.11. The number of benzene rings is 1. The highest BCUT2D eigenvalue weighted by molar-refractivity contribution is 5.58. The molecule has 0 saturated heterocycles. The number of methoxy groups -OCH3 is 1. The quantitative estimate of drug-likeness (QED) is 0.904. The average Bonchev–Trinajstić information content (AvgIpc) is 2.37. The third kappa shape index (κ3) is 2.49. The molecule has 106 valence electrons. The van der Waals surface area contributed by atoms with E-state index in [1.54, 1.807) is 13.8 Å². The summed E-state index contributed by atoms with van der Waals surface area (Å²) in [5.41, 5.74) is 0.263. The van der Waals surface area contributed by atoms with E-state index in [4.69, 9.17) is 4.74 Å². The van der Waals surface area contributed by atoms with Crippen molar-refractivity contribution in [3.05, 3.63) is 39.9 Å². The van der Waals surface area contributed by atoms with E-state index >= 15 is 0 Å². The van der Waals surface area contributed by atoms with Crippen LogP contribution in [0.2, 0.25) is 0 Å². The van der Waals surface area contributed by atoms with Gasteiger partial charge in [-0.1, -0.05) is 13.8 Å². The molecular weight excluding hydrogens is 263 g/mol. The number of rotatable bonds is 3. The van der Waals surface area contributed by atoms with Gasteiger partial charge in [0.15, 0.2) is 11.6 Å². The number of aromatic hydroxyl groups is 1. The van der Waals surface area contributed by atoms with E-state index in [0.29, 0.717) is 5.56 Å². The lowest BCUT2D eigenvalue weighted by Crippen LogP contribution is -2.16. The SMILES string of the molecule is COc1cc(-c2nc(O)c(C(C)C)c(=O)[nH]2)ccc1F. The summed E-state index contributed by atoms with van der Waals surface area (Å²) in [4.78, 5) is 18.5. The van der Waals surface area contributed by atoms with Gasteiger partial charge in [-0.3, -0.25) is 4.79 Å². The molecule has 0 aliphatic carbocycles. The number of aromatic amines is 1. The number of nitrogens with zero attached hydrogens (tertiary/aromatic N) is 1. The lowest BCUT2D eigenvalue weighted by atomic mass is 10.1. The molecule has 1 aromatic heterocycles. The number of hydrogen-bond donors (Lipinski definition) is 2. The van der Waals surface area contributed by atoms with Gasteiger partial charge in [-0.15, -0.1) is 0 Å². The number of aromatic nitrogens is 2. The van der Waals surface area contributed by atoms with Crippen molar-refractivity contribution in [1.82, 2.24) is 9.97 Å². The number of ether oxygens (including phenoxy) is 1. The standard InChI is InChI=1S/C14H15FN2O3/c1-7(2)11-13(18)16-12(17-14(11)19)8-4-5-9(15)10(6-8)20-3/h4-7H,1-3H3,(H2,16,17,18,19). The minimum absolute atomic E-state index is 0.0394. The highest BCUT2D eigenvalue weighted by Gasteiger charge is 2.15. The third-order valence-corrected chi connectivity index (χ3v) is 2.94. The van der Waals surface area contributed by atoms with Gasteiger partial charge in [-0.05, 0) is 24.1 Å². The Hall–Kier alpha value is -2.37. The molecule has 0 bridgehead atoms. The van der Waals surface area contributed by atoms with Gasteiger partial charge in [0.2, 0.25) is 5.88 Å². The molecule has 6 heteroatoms. The average molecular weight is 278 g/mol. The van der Waals surface area contributed by atoms with Crippen molar-refractivity contribution >= 4 is 0 Å². The van der Waals surface area contributed by atoms with E-state index in [1.165, 1.54) is 25.3 Å². The van der Waals surface area contributed by atoms with Crippen molar-refractivity contribution in [2.24, 2.45) is 0 Å². The fraction of sp³-hybridized carbons (Fsp3) is 0.286. The first kappa shape index (κ1) is 14.0. The first-order chi connectivity index (χ1) is 9.43. The highest BCUT2D eigenvalue weighted by atomic mass is 19.1. The molecule has 0 radical (unpaired) electrons. The largest absolute Gasteiger partial charge is 0.494 e. The van der Waals surface area contributed by atoms with E-state index in [1.807, 2.05) is 0 Å². The Morgan fingerprint density at radius 1 is 1.40 bits per heavy atom. The second-order valence-corrected chi connectivity index (χ2v) is 4.66. The van der Waals surface area contributed by atoms with Crippen LogP contribution in [0.3, 0.4) is 0 Å². The molecule has 2 aromatic rings. The number of nitrogens with one attached hydrogen (secondary N) is 1. The normalized spacial score (nSPS) is 10.8. The Morgan fingerprint density at radius 3 is 2.65 bits per heavy atom. The van der Waals surface area contributed by atoms with Crippen LogP contribution in [0.4, 0.5) is 4.39 Å². The summed E-state index contributed by atoms with van der Waals surface area (Å²) in [5, 5.41) is 9.85. The van der Waals surface area contributed by atoms with Crippen LogP contribution in [-0.2, 0) is 0 Å². The molecular formula is C14H15FN2O3. The minimum Gasteiger partial charge on any atom is -0.494 e. The molecule has 20 heavy (non-hydrogen) atoms. The molecule has 0 unspecified atom stereocenters. The molecule has 0 amide bonds. The Morgan fingerprint density at radius 2 is 2.10 bits per heavy atom. The highest BCUT2D eigenvalue weighted by Crippen LogP contribution is 2.26. The predicted octanol–water partition coefficient (Wildman–Crippen LogP) is 2.41. The van der Waals surface area contributed by atoms with Crippen LogP contribution in [0.5, 0.6) is 11.6 Å². The number of halogens is 1. The minimum atomic E-state index is -0.512. The summed E-state index contributed by atoms with van der Waals surface area (Å²) < 4.78 is 18.2. The van der Waals surface area contributed by atoms with Crippen LogP contribution in [-0.4, -0.2) is 22.2 Å². The van der Waals surface area contributed by atoms with Crippen molar-refractivity contribution in [2.45, 2.75) is 19.8 Å². The summed E-state index contributed by atoms with van der Waals surface area (Å²) in [6, 6.07) is 4.06. The van der Waals surface area contributed by atoms with Crippen LogP contribution in [0.1, 0.15) is 25.3 Å². The van der Waals surface area contributed by atoms with E-state index in [-0.39, 0.29) is 28.9 Å². The van der Waals surface area contributed by atoms with Crippen LogP contribution >= 0.6 is 0 Å². The topological polar surface area (TPSA) is 75.2 Å². The van der Waals surface area contributed by atoms with Crippen LogP contribution < -0.4 is 10.3 Å².